The van der Waals surface area contributed by atoms with Gasteiger partial charge in [-0.25, -0.2) is 9.97 Å². The predicted octanol–water partition coefficient (Wildman–Crippen LogP) is 2.57. The maximum atomic E-state index is 5.81. The lowest BCUT2D eigenvalue weighted by Gasteiger charge is -2.07. The maximum Gasteiger partial charge on any atom is 0.132 e. The predicted molar refractivity (Wildman–Crippen MR) is 78.1 cm³/mol. The molecule has 0 amide bonds. The smallest absolute Gasteiger partial charge is 0.132 e. The summed E-state index contributed by atoms with van der Waals surface area (Å²) in [4.78, 5) is 8.93. The fraction of sp³-hybridized carbons (Fsp3) is 0.375. The van der Waals surface area contributed by atoms with Gasteiger partial charge in [0, 0.05) is 30.8 Å². The van der Waals surface area contributed by atoms with Gasteiger partial charge in [0.2, 0.25) is 0 Å². The van der Waals surface area contributed by atoms with E-state index in [2.05, 4.69) is 42.0 Å². The second kappa shape index (κ2) is 5.93. The zero-order chi connectivity index (χ0) is 13.8. The quantitative estimate of drug-likeness (QED) is 0.913. The molecule has 3 heteroatoms. The number of aromatic nitrogens is 2. The van der Waals surface area contributed by atoms with Crippen LogP contribution in [0, 0.1) is 13.8 Å². The molecule has 1 aromatic carbocycles. The molecule has 0 aliphatic carbocycles. The molecule has 3 nitrogen and oxygen atoms in total. The van der Waals surface area contributed by atoms with Gasteiger partial charge in [-0.2, -0.15) is 0 Å². The van der Waals surface area contributed by atoms with E-state index in [1.165, 1.54) is 16.7 Å². The van der Waals surface area contributed by atoms with E-state index in [9.17, 15) is 0 Å². The van der Waals surface area contributed by atoms with Crippen LogP contribution in [0.4, 0.5) is 0 Å². The number of rotatable bonds is 4. The van der Waals surface area contributed by atoms with Crippen molar-refractivity contribution in [3.63, 3.8) is 0 Å². The first kappa shape index (κ1) is 13.7. The van der Waals surface area contributed by atoms with E-state index < -0.39 is 0 Å². The van der Waals surface area contributed by atoms with Crippen molar-refractivity contribution in [2.24, 2.45) is 5.73 Å². The number of aryl methyl sites for hydroxylation is 2. The van der Waals surface area contributed by atoms with E-state index in [1.54, 1.807) is 0 Å². The van der Waals surface area contributed by atoms with Crippen molar-refractivity contribution in [3.8, 4) is 0 Å². The number of nitrogens with zero attached hydrogens (tertiary/aromatic N) is 2. The summed E-state index contributed by atoms with van der Waals surface area (Å²) >= 11 is 0. The molecule has 0 bridgehead atoms. The van der Waals surface area contributed by atoms with Gasteiger partial charge >= 0.3 is 0 Å². The summed E-state index contributed by atoms with van der Waals surface area (Å²) in [6.07, 6.45) is 3.39. The zero-order valence-corrected chi connectivity index (χ0v) is 11.9. The summed E-state index contributed by atoms with van der Waals surface area (Å²) < 4.78 is 0. The molecule has 2 aromatic rings. The van der Waals surface area contributed by atoms with Crippen molar-refractivity contribution in [2.45, 2.75) is 39.7 Å². The third-order valence-corrected chi connectivity index (χ3v) is 2.94. The minimum atomic E-state index is 0.129. The van der Waals surface area contributed by atoms with Crippen molar-refractivity contribution < 1.29 is 0 Å². The summed E-state index contributed by atoms with van der Waals surface area (Å²) in [5.41, 5.74) is 10.6. The highest BCUT2D eigenvalue weighted by molar-refractivity contribution is 5.30. The van der Waals surface area contributed by atoms with Crippen molar-refractivity contribution in [2.75, 3.05) is 0 Å². The van der Waals surface area contributed by atoms with E-state index in [0.29, 0.717) is 0 Å². The Morgan fingerprint density at radius 2 is 1.84 bits per heavy atom. The lowest BCUT2D eigenvalue weighted by Crippen LogP contribution is -2.19. The summed E-state index contributed by atoms with van der Waals surface area (Å²) in [6.45, 7) is 6.22. The molecule has 1 aromatic heterocycles. The van der Waals surface area contributed by atoms with Crippen LogP contribution in [-0.2, 0) is 12.8 Å². The van der Waals surface area contributed by atoms with Gasteiger partial charge in [-0.05, 0) is 32.4 Å². The van der Waals surface area contributed by atoms with Crippen LogP contribution in [0.15, 0.2) is 30.5 Å². The molecule has 0 spiro atoms. The standard InChI is InChI=1S/C16H21N3/c1-11-6-12(2)8-14(7-11)10-16-18-5-4-15(19-16)9-13(3)17/h4-8,13H,9-10,17H2,1-3H3. The summed E-state index contributed by atoms with van der Waals surface area (Å²) in [5.74, 6) is 0.864. The molecule has 1 unspecified atom stereocenters. The minimum Gasteiger partial charge on any atom is -0.328 e. The van der Waals surface area contributed by atoms with Crippen LogP contribution in [0.2, 0.25) is 0 Å². The monoisotopic (exact) mass is 255 g/mol. The Balaban J connectivity index is 2.18. The molecule has 1 atom stereocenters. The highest BCUT2D eigenvalue weighted by atomic mass is 14.9. The van der Waals surface area contributed by atoms with Crippen LogP contribution in [0.1, 0.15) is 35.1 Å². The minimum absolute atomic E-state index is 0.129. The molecule has 0 fully saturated rings. The lowest BCUT2D eigenvalue weighted by molar-refractivity contribution is 0.713. The van der Waals surface area contributed by atoms with E-state index in [4.69, 9.17) is 5.73 Å². The average molecular weight is 255 g/mol. The molecule has 100 valence electrons. The van der Waals surface area contributed by atoms with Crippen LogP contribution in [0.3, 0.4) is 0 Å². The number of nitrogens with two attached hydrogens (primary N) is 1. The van der Waals surface area contributed by atoms with E-state index >= 15 is 0 Å². The Kier molecular flexibility index (Phi) is 4.27. The molecular formula is C16H21N3. The normalized spacial score (nSPS) is 12.4. The Hall–Kier alpha value is -1.74. The number of hydrogen-bond acceptors (Lipinski definition) is 3. The summed E-state index contributed by atoms with van der Waals surface area (Å²) in [6, 6.07) is 8.62. The Morgan fingerprint density at radius 1 is 1.16 bits per heavy atom. The molecule has 0 radical (unpaired) electrons. The first-order valence-corrected chi connectivity index (χ1v) is 6.66. The molecule has 0 saturated carbocycles. The second-order valence-electron chi connectivity index (χ2n) is 5.32. The number of benzene rings is 1. The average Bonchev–Trinajstić information content (AvgIpc) is 2.26. The first-order chi connectivity index (χ1) is 9.02. The molecule has 2 N–H and O–H groups in total. The Morgan fingerprint density at radius 3 is 2.47 bits per heavy atom. The highest BCUT2D eigenvalue weighted by Gasteiger charge is 2.04. The maximum absolute atomic E-state index is 5.81. The third-order valence-electron chi connectivity index (χ3n) is 2.94. The van der Waals surface area contributed by atoms with Crippen molar-refractivity contribution in [1.82, 2.24) is 9.97 Å². The molecule has 2 rings (SSSR count). The van der Waals surface area contributed by atoms with Gasteiger partial charge in [-0.1, -0.05) is 29.3 Å². The van der Waals surface area contributed by atoms with Crippen LogP contribution < -0.4 is 5.73 Å². The van der Waals surface area contributed by atoms with Gasteiger partial charge in [0.15, 0.2) is 0 Å². The highest BCUT2D eigenvalue weighted by Crippen LogP contribution is 2.12. The molecule has 0 saturated heterocycles. The van der Waals surface area contributed by atoms with Crippen LogP contribution in [0.5, 0.6) is 0 Å². The molecule has 1 heterocycles. The molecule has 0 aliphatic rings. The van der Waals surface area contributed by atoms with Gasteiger partial charge in [-0.3, -0.25) is 0 Å². The van der Waals surface area contributed by atoms with E-state index in [-0.39, 0.29) is 6.04 Å². The van der Waals surface area contributed by atoms with Crippen LogP contribution >= 0.6 is 0 Å². The van der Waals surface area contributed by atoms with E-state index in [0.717, 1.165) is 24.4 Å². The molecular weight excluding hydrogens is 234 g/mol. The summed E-state index contributed by atoms with van der Waals surface area (Å²) in [7, 11) is 0. The molecule has 19 heavy (non-hydrogen) atoms. The van der Waals surface area contributed by atoms with Crippen molar-refractivity contribution >= 4 is 0 Å². The molecule has 0 aliphatic heterocycles. The zero-order valence-electron chi connectivity index (χ0n) is 11.9. The topological polar surface area (TPSA) is 51.8 Å². The van der Waals surface area contributed by atoms with Gasteiger partial charge < -0.3 is 5.73 Å². The van der Waals surface area contributed by atoms with Gasteiger partial charge in [0.25, 0.3) is 0 Å². The van der Waals surface area contributed by atoms with Gasteiger partial charge in [0.05, 0.1) is 0 Å². The number of hydrogen-bond donors (Lipinski definition) is 1. The Labute approximate surface area is 114 Å². The van der Waals surface area contributed by atoms with Gasteiger partial charge in [0.1, 0.15) is 5.82 Å². The third kappa shape index (κ3) is 4.14. The fourth-order valence-electron chi connectivity index (χ4n) is 2.32. The first-order valence-electron chi connectivity index (χ1n) is 6.66. The van der Waals surface area contributed by atoms with Crippen molar-refractivity contribution in [1.29, 1.82) is 0 Å². The summed E-state index contributed by atoms with van der Waals surface area (Å²) in [5, 5.41) is 0. The van der Waals surface area contributed by atoms with Crippen LogP contribution in [0.25, 0.3) is 0 Å². The van der Waals surface area contributed by atoms with Crippen molar-refractivity contribution in [3.05, 3.63) is 58.7 Å². The SMILES string of the molecule is Cc1cc(C)cc(Cc2nccc(CC(C)N)n2)c1. The van der Waals surface area contributed by atoms with E-state index in [1.807, 2.05) is 19.2 Å². The largest absolute Gasteiger partial charge is 0.328 e. The second-order valence-corrected chi connectivity index (χ2v) is 5.32. The van der Waals surface area contributed by atoms with Crippen LogP contribution in [-0.4, -0.2) is 16.0 Å². The fourth-order valence-corrected chi connectivity index (χ4v) is 2.32. The lowest BCUT2D eigenvalue weighted by atomic mass is 10.0. The van der Waals surface area contributed by atoms with Gasteiger partial charge in [-0.15, -0.1) is 0 Å². The Bertz CT molecular complexity index is 541.